The van der Waals surface area contributed by atoms with E-state index in [1.807, 2.05) is 0 Å². The molecule has 0 saturated carbocycles. The lowest BCUT2D eigenvalue weighted by molar-refractivity contribution is -0.139. The molecule has 0 aromatic heterocycles. The van der Waals surface area contributed by atoms with Gasteiger partial charge in [0.1, 0.15) is 6.04 Å². The van der Waals surface area contributed by atoms with Gasteiger partial charge in [-0.25, -0.2) is 0 Å². The van der Waals surface area contributed by atoms with Gasteiger partial charge in [0.25, 0.3) is 0 Å². The summed E-state index contributed by atoms with van der Waals surface area (Å²) in [7, 11) is 0. The van der Waals surface area contributed by atoms with Crippen LogP contribution in [-0.2, 0) is 4.79 Å². The highest BCUT2D eigenvalue weighted by molar-refractivity contribution is 5.72. The molecule has 15 heavy (non-hydrogen) atoms. The summed E-state index contributed by atoms with van der Waals surface area (Å²) in [6.07, 6.45) is -0.558. The summed E-state index contributed by atoms with van der Waals surface area (Å²) in [5.74, 6) is -1.63. The van der Waals surface area contributed by atoms with E-state index in [1.165, 1.54) is 0 Å². The second kappa shape index (κ2) is 7.56. The highest BCUT2D eigenvalue weighted by Gasteiger charge is 2.19. The van der Waals surface area contributed by atoms with E-state index in [-0.39, 0.29) is 19.3 Å². The van der Waals surface area contributed by atoms with Crippen molar-refractivity contribution in [2.24, 2.45) is 11.7 Å². The van der Waals surface area contributed by atoms with Crippen LogP contribution in [0.4, 0.5) is 4.39 Å². The van der Waals surface area contributed by atoms with Crippen LogP contribution in [0.15, 0.2) is 0 Å². The molecule has 5 nitrogen and oxygen atoms in total. The lowest BCUT2D eigenvalue weighted by atomic mass is 9.95. The molecule has 0 amide bonds. The van der Waals surface area contributed by atoms with Gasteiger partial charge in [-0.15, -0.1) is 0 Å². The first-order chi connectivity index (χ1) is 6.99. The van der Waals surface area contributed by atoms with Crippen LogP contribution in [0, 0.1) is 5.92 Å². The molecule has 1 unspecified atom stereocenters. The maximum Gasteiger partial charge on any atom is 0.320 e. The smallest absolute Gasteiger partial charge is 0.320 e. The van der Waals surface area contributed by atoms with Gasteiger partial charge in [-0.05, 0) is 25.7 Å². The Morgan fingerprint density at radius 1 is 1.27 bits per heavy atom. The first-order valence-corrected chi connectivity index (χ1v) is 4.89. The van der Waals surface area contributed by atoms with E-state index in [0.29, 0.717) is 6.42 Å². The van der Waals surface area contributed by atoms with Crippen molar-refractivity contribution in [3.63, 3.8) is 0 Å². The normalized spacial score (nSPS) is 15.3. The van der Waals surface area contributed by atoms with Crippen LogP contribution >= 0.6 is 0 Å². The van der Waals surface area contributed by atoms with Crippen LogP contribution in [0.1, 0.15) is 25.7 Å². The van der Waals surface area contributed by atoms with Crippen molar-refractivity contribution in [3.8, 4) is 0 Å². The number of nitrogens with two attached hydrogens (primary N) is 1. The van der Waals surface area contributed by atoms with E-state index in [1.54, 1.807) is 0 Å². The molecule has 0 saturated heterocycles. The number of rotatable bonds is 8. The van der Waals surface area contributed by atoms with Crippen molar-refractivity contribution < 1.29 is 24.5 Å². The highest BCUT2D eigenvalue weighted by atomic mass is 18.2. The fourth-order valence-corrected chi connectivity index (χ4v) is 1.30. The molecule has 0 radical (unpaired) electrons. The summed E-state index contributed by atoms with van der Waals surface area (Å²) < 4.78 is 11.9. The Morgan fingerprint density at radius 3 is 2.27 bits per heavy atom. The molecule has 2 atom stereocenters. The number of aliphatic hydroxyl groups is 2. The summed E-state index contributed by atoms with van der Waals surface area (Å²) in [4.78, 5) is 10.4. The van der Waals surface area contributed by atoms with E-state index in [0.717, 1.165) is 0 Å². The summed E-state index contributed by atoms with van der Waals surface area (Å²) in [6.45, 7) is -0.520. The van der Waals surface area contributed by atoms with Crippen molar-refractivity contribution in [2.45, 2.75) is 38.0 Å². The van der Waals surface area contributed by atoms with E-state index in [4.69, 9.17) is 21.1 Å². The number of alkyl halides is 1. The number of carboxylic acids is 1. The highest BCUT2D eigenvalue weighted by Crippen LogP contribution is 2.17. The fraction of sp³-hybridized carbons (Fsp3) is 0.889. The molecule has 0 spiro atoms. The Bertz CT molecular complexity index is 189. The number of halogens is 1. The molecule has 0 rings (SSSR count). The van der Waals surface area contributed by atoms with E-state index in [9.17, 15) is 9.18 Å². The molecule has 0 aliphatic carbocycles. The van der Waals surface area contributed by atoms with E-state index in [2.05, 4.69) is 0 Å². The van der Waals surface area contributed by atoms with Gasteiger partial charge in [-0.3, -0.25) is 9.18 Å². The summed E-state index contributed by atoms with van der Waals surface area (Å²) >= 11 is 0. The zero-order valence-electron chi connectivity index (χ0n) is 8.47. The average Bonchev–Trinajstić information content (AvgIpc) is 2.16. The molecule has 0 aliphatic rings. The molecular weight excluding hydrogens is 204 g/mol. The largest absolute Gasteiger partial charge is 0.480 e. The third-order valence-corrected chi connectivity index (χ3v) is 2.30. The van der Waals surface area contributed by atoms with Gasteiger partial charge in [0.2, 0.25) is 0 Å². The summed E-state index contributed by atoms with van der Waals surface area (Å²) in [5.41, 5.74) is 5.26. The quantitative estimate of drug-likeness (QED) is 0.428. The average molecular weight is 222 g/mol. The van der Waals surface area contributed by atoms with Crippen molar-refractivity contribution in [2.75, 3.05) is 6.67 Å². The van der Waals surface area contributed by atoms with Gasteiger partial charge < -0.3 is 21.1 Å². The molecule has 0 heterocycles. The minimum Gasteiger partial charge on any atom is -0.480 e. The molecule has 0 aromatic rings. The van der Waals surface area contributed by atoms with Crippen molar-refractivity contribution in [1.29, 1.82) is 0 Å². The van der Waals surface area contributed by atoms with Crippen LogP contribution < -0.4 is 5.73 Å². The maximum absolute atomic E-state index is 11.9. The predicted octanol–water partition coefficient (Wildman–Crippen LogP) is -0.145. The molecular formula is C9H18FNO4. The molecule has 0 fully saturated rings. The Labute approximate surface area is 87.7 Å². The monoisotopic (exact) mass is 222 g/mol. The number of aliphatic carboxylic acids is 1. The Balaban J connectivity index is 3.90. The molecule has 90 valence electrons. The van der Waals surface area contributed by atoms with E-state index < -0.39 is 30.9 Å². The van der Waals surface area contributed by atoms with E-state index >= 15 is 0 Å². The molecule has 0 aliphatic heterocycles. The van der Waals surface area contributed by atoms with Gasteiger partial charge in [-0.1, -0.05) is 0 Å². The van der Waals surface area contributed by atoms with Gasteiger partial charge in [0.15, 0.2) is 6.29 Å². The first kappa shape index (κ1) is 14.3. The zero-order valence-corrected chi connectivity index (χ0v) is 8.47. The maximum atomic E-state index is 11.9. The van der Waals surface area contributed by atoms with Gasteiger partial charge in [0, 0.05) is 5.92 Å². The van der Waals surface area contributed by atoms with Gasteiger partial charge in [-0.2, -0.15) is 0 Å². The third kappa shape index (κ3) is 6.38. The first-order valence-electron chi connectivity index (χ1n) is 4.89. The van der Waals surface area contributed by atoms with Crippen LogP contribution in [0.2, 0.25) is 0 Å². The third-order valence-electron chi connectivity index (χ3n) is 2.30. The van der Waals surface area contributed by atoms with Crippen LogP contribution in [0.25, 0.3) is 0 Å². The van der Waals surface area contributed by atoms with Crippen molar-refractivity contribution in [3.05, 3.63) is 0 Å². The molecule has 5 N–H and O–H groups in total. The van der Waals surface area contributed by atoms with Crippen LogP contribution in [0.5, 0.6) is 0 Å². The SMILES string of the molecule is N[C@@H](CCC(CCC[18F])C(O)O)C(=O)O. The van der Waals surface area contributed by atoms with Gasteiger partial charge >= 0.3 is 5.97 Å². The minimum absolute atomic E-state index is 0.157. The summed E-state index contributed by atoms with van der Waals surface area (Å²) in [6, 6.07) is -1.00. The zero-order chi connectivity index (χ0) is 11.8. The van der Waals surface area contributed by atoms with Gasteiger partial charge in [0.05, 0.1) is 6.67 Å². The van der Waals surface area contributed by atoms with Crippen molar-refractivity contribution >= 4 is 5.97 Å². The number of aliphatic hydroxyl groups excluding tert-OH is 1. The fourth-order valence-electron chi connectivity index (χ4n) is 1.30. The Hall–Kier alpha value is -0.720. The summed E-state index contributed by atoms with van der Waals surface area (Å²) in [5, 5.41) is 26.4. The number of hydrogen-bond acceptors (Lipinski definition) is 4. The molecule has 0 bridgehead atoms. The Kier molecular flexibility index (Phi) is 7.19. The lowest BCUT2D eigenvalue weighted by Crippen LogP contribution is -2.32. The van der Waals surface area contributed by atoms with Crippen molar-refractivity contribution in [1.82, 2.24) is 0 Å². The second-order valence-electron chi connectivity index (χ2n) is 3.53. The topological polar surface area (TPSA) is 104 Å². The minimum atomic E-state index is -1.54. The Morgan fingerprint density at radius 2 is 1.87 bits per heavy atom. The standard InChI is InChI=1S/C9H18FNO4/c10-5-1-2-6(8(12)13)3-4-7(11)9(14)15/h6-8,12-13H,1-5,11H2,(H,14,15)/t6?,7-/m0/s1/i10-1. The molecule has 0 aromatic carbocycles. The second-order valence-corrected chi connectivity index (χ2v) is 3.53. The number of carbonyl (C=O) groups is 1. The number of carboxylic acid groups (broad SMARTS) is 1. The lowest BCUT2D eigenvalue weighted by Gasteiger charge is -2.19. The molecule has 6 heteroatoms. The number of hydrogen-bond donors (Lipinski definition) is 4. The van der Waals surface area contributed by atoms with Crippen LogP contribution in [0.3, 0.4) is 0 Å². The predicted molar refractivity (Wildman–Crippen MR) is 51.8 cm³/mol. The van der Waals surface area contributed by atoms with Crippen LogP contribution in [-0.4, -0.2) is 40.3 Å².